The van der Waals surface area contributed by atoms with E-state index in [2.05, 4.69) is 9.51 Å². The van der Waals surface area contributed by atoms with Gasteiger partial charge in [0.05, 0.1) is 6.61 Å². The Kier molecular flexibility index (Phi) is 5.11. The molecular formula is C6H16NO6PSi. The van der Waals surface area contributed by atoms with Crippen molar-refractivity contribution in [2.75, 3.05) is 6.61 Å². The number of phosphoric acid groups is 1. The minimum Gasteiger partial charge on any atom is -0.480 e. The summed E-state index contributed by atoms with van der Waals surface area (Å²) in [6, 6.07) is -1.09. The summed E-state index contributed by atoms with van der Waals surface area (Å²) in [6.07, 6.45) is 0. The molecular weight excluding hydrogens is 241 g/mol. The van der Waals surface area contributed by atoms with Gasteiger partial charge in [0.1, 0.15) is 14.3 Å². The van der Waals surface area contributed by atoms with Crippen LogP contribution in [0.2, 0.25) is 19.6 Å². The van der Waals surface area contributed by atoms with Crippen molar-refractivity contribution in [1.82, 2.24) is 4.98 Å². The lowest BCUT2D eigenvalue weighted by molar-refractivity contribution is -0.139. The Morgan fingerprint density at radius 3 is 2.20 bits per heavy atom. The topological polar surface area (TPSA) is 116 Å². The van der Waals surface area contributed by atoms with Crippen molar-refractivity contribution in [2.45, 2.75) is 25.7 Å². The fraction of sp³-hybridized carbons (Fsp3) is 0.833. The first-order valence-electron chi connectivity index (χ1n) is 4.22. The molecule has 0 amide bonds. The number of phosphoric ester groups is 1. The van der Waals surface area contributed by atoms with Crippen molar-refractivity contribution >= 4 is 22.0 Å². The summed E-state index contributed by atoms with van der Waals surface area (Å²) in [4.78, 5) is 30.4. The molecule has 0 saturated heterocycles. The molecule has 0 aromatic rings. The molecule has 0 saturated carbocycles. The molecule has 0 spiro atoms. The lowest BCUT2D eigenvalue weighted by Gasteiger charge is -2.23. The van der Waals surface area contributed by atoms with E-state index in [1.807, 2.05) is 19.6 Å². The third-order valence-corrected chi connectivity index (χ3v) is 3.01. The van der Waals surface area contributed by atoms with Crippen LogP contribution in [-0.2, 0) is 13.9 Å². The third-order valence-electron chi connectivity index (χ3n) is 1.31. The molecule has 0 aromatic carbocycles. The summed E-state index contributed by atoms with van der Waals surface area (Å²) in [7, 11) is -6.46. The van der Waals surface area contributed by atoms with Gasteiger partial charge in [-0.3, -0.25) is 9.32 Å². The standard InChI is InChI=1S/C6H16NO6PSi/c1-15(2,3)7-5(6(8)9)4-13-14(10,11)12/h5,7H,4H2,1-3H3,(H,8,9)(H2,10,11,12)/t5-/m0/s1. The molecule has 1 atom stereocenters. The lowest BCUT2D eigenvalue weighted by atomic mass is 10.3. The number of hydrogen-bond donors (Lipinski definition) is 4. The molecule has 0 aliphatic heterocycles. The Morgan fingerprint density at radius 2 is 1.93 bits per heavy atom. The second-order valence-corrected chi connectivity index (χ2v) is 10.1. The maximum atomic E-state index is 10.7. The minimum absolute atomic E-state index is 0.552. The van der Waals surface area contributed by atoms with Crippen LogP contribution in [-0.4, -0.2) is 41.7 Å². The SMILES string of the molecule is C[Si](C)(C)N[C@@H](COP(=O)(O)O)C(=O)O. The Bertz CT molecular complexity index is 271. The van der Waals surface area contributed by atoms with Crippen molar-refractivity contribution < 1.29 is 28.8 Å². The molecule has 0 aromatic heterocycles. The highest BCUT2D eigenvalue weighted by Gasteiger charge is 2.27. The van der Waals surface area contributed by atoms with Gasteiger partial charge in [-0.1, -0.05) is 19.6 Å². The monoisotopic (exact) mass is 257 g/mol. The van der Waals surface area contributed by atoms with Gasteiger partial charge in [-0.15, -0.1) is 0 Å². The first-order chi connectivity index (χ1) is 6.51. The molecule has 0 radical (unpaired) electrons. The Hall–Kier alpha value is -0.243. The number of carboxylic acids is 1. The molecule has 0 bridgehead atoms. The number of carbonyl (C=O) groups is 1. The highest BCUT2D eigenvalue weighted by atomic mass is 31.2. The van der Waals surface area contributed by atoms with Crippen LogP contribution in [0.15, 0.2) is 0 Å². The summed E-state index contributed by atoms with van der Waals surface area (Å²) in [6.45, 7) is 5.07. The lowest BCUT2D eigenvalue weighted by Crippen LogP contribution is -2.53. The van der Waals surface area contributed by atoms with E-state index >= 15 is 0 Å². The summed E-state index contributed by atoms with van der Waals surface area (Å²) < 4.78 is 14.5. The van der Waals surface area contributed by atoms with Crippen molar-refractivity contribution in [3.63, 3.8) is 0 Å². The Balaban J connectivity index is 4.31. The van der Waals surface area contributed by atoms with E-state index in [1.54, 1.807) is 0 Å². The van der Waals surface area contributed by atoms with Gasteiger partial charge < -0.3 is 19.9 Å². The van der Waals surface area contributed by atoms with Gasteiger partial charge in [0, 0.05) is 0 Å². The summed E-state index contributed by atoms with van der Waals surface area (Å²) in [5.41, 5.74) is 0. The number of aliphatic carboxylic acids is 1. The van der Waals surface area contributed by atoms with Crippen LogP contribution in [0.5, 0.6) is 0 Å². The Labute approximate surface area is 88.8 Å². The zero-order valence-electron chi connectivity index (χ0n) is 8.80. The zero-order valence-corrected chi connectivity index (χ0v) is 10.7. The normalized spacial score (nSPS) is 15.0. The number of hydrogen-bond acceptors (Lipinski definition) is 4. The molecule has 0 unspecified atom stereocenters. The highest BCUT2D eigenvalue weighted by molar-refractivity contribution is 7.46. The fourth-order valence-electron chi connectivity index (χ4n) is 0.869. The first kappa shape index (κ1) is 14.8. The Morgan fingerprint density at radius 1 is 1.47 bits per heavy atom. The average molecular weight is 257 g/mol. The molecule has 0 aliphatic rings. The van der Waals surface area contributed by atoms with E-state index in [0.29, 0.717) is 0 Å². The fourth-order valence-corrected chi connectivity index (χ4v) is 2.46. The summed E-state index contributed by atoms with van der Waals surface area (Å²) >= 11 is 0. The number of nitrogens with one attached hydrogen (secondary N) is 1. The van der Waals surface area contributed by atoms with Crippen LogP contribution in [0.4, 0.5) is 0 Å². The van der Waals surface area contributed by atoms with Gasteiger partial charge in [-0.05, 0) is 0 Å². The summed E-state index contributed by atoms with van der Waals surface area (Å²) in [5, 5.41) is 8.76. The maximum absolute atomic E-state index is 10.7. The molecule has 7 nitrogen and oxygen atoms in total. The predicted molar refractivity (Wildman–Crippen MR) is 55.9 cm³/mol. The van der Waals surface area contributed by atoms with E-state index in [-0.39, 0.29) is 0 Å². The molecule has 0 heterocycles. The second-order valence-electron chi connectivity index (χ2n) is 4.07. The van der Waals surface area contributed by atoms with Gasteiger partial charge >= 0.3 is 13.8 Å². The third kappa shape index (κ3) is 8.73. The highest BCUT2D eigenvalue weighted by Crippen LogP contribution is 2.35. The smallest absolute Gasteiger partial charge is 0.469 e. The van der Waals surface area contributed by atoms with Gasteiger partial charge in [0.25, 0.3) is 0 Å². The molecule has 0 aliphatic carbocycles. The van der Waals surface area contributed by atoms with Crippen LogP contribution in [0, 0.1) is 0 Å². The van der Waals surface area contributed by atoms with Crippen LogP contribution < -0.4 is 4.98 Å². The van der Waals surface area contributed by atoms with Gasteiger partial charge in [0.15, 0.2) is 0 Å². The van der Waals surface area contributed by atoms with Crippen LogP contribution in [0.25, 0.3) is 0 Å². The van der Waals surface area contributed by atoms with Crippen LogP contribution in [0.1, 0.15) is 0 Å². The first-order valence-corrected chi connectivity index (χ1v) is 9.25. The van der Waals surface area contributed by atoms with Gasteiger partial charge in [0.2, 0.25) is 0 Å². The van der Waals surface area contributed by atoms with E-state index in [9.17, 15) is 9.36 Å². The quantitative estimate of drug-likeness (QED) is 0.390. The zero-order chi connectivity index (χ0) is 12.3. The average Bonchev–Trinajstić information content (AvgIpc) is 1.93. The van der Waals surface area contributed by atoms with Crippen molar-refractivity contribution in [3.05, 3.63) is 0 Å². The van der Waals surface area contributed by atoms with Crippen molar-refractivity contribution in [1.29, 1.82) is 0 Å². The van der Waals surface area contributed by atoms with Gasteiger partial charge in [-0.25, -0.2) is 4.57 Å². The maximum Gasteiger partial charge on any atom is 0.469 e. The van der Waals surface area contributed by atoms with E-state index in [0.717, 1.165) is 0 Å². The molecule has 0 fully saturated rings. The van der Waals surface area contributed by atoms with Crippen LogP contribution >= 0.6 is 7.82 Å². The second kappa shape index (κ2) is 5.20. The van der Waals surface area contributed by atoms with E-state index < -0.39 is 34.7 Å². The number of rotatable bonds is 6. The van der Waals surface area contributed by atoms with E-state index in [1.165, 1.54) is 0 Å². The summed E-state index contributed by atoms with van der Waals surface area (Å²) in [5.74, 6) is -1.19. The molecule has 15 heavy (non-hydrogen) atoms. The molecule has 9 heteroatoms. The van der Waals surface area contributed by atoms with Crippen molar-refractivity contribution in [3.8, 4) is 0 Å². The number of carboxylic acid groups (broad SMARTS) is 1. The largest absolute Gasteiger partial charge is 0.480 e. The molecule has 4 N–H and O–H groups in total. The minimum atomic E-state index is -4.61. The van der Waals surface area contributed by atoms with Crippen molar-refractivity contribution in [2.24, 2.45) is 0 Å². The van der Waals surface area contributed by atoms with Gasteiger partial charge in [-0.2, -0.15) is 0 Å². The van der Waals surface area contributed by atoms with Crippen LogP contribution in [0.3, 0.4) is 0 Å². The molecule has 0 rings (SSSR count). The predicted octanol–water partition coefficient (Wildman–Crippen LogP) is -0.0266. The van der Waals surface area contributed by atoms with E-state index in [4.69, 9.17) is 14.9 Å². The molecule has 90 valence electrons.